The summed E-state index contributed by atoms with van der Waals surface area (Å²) in [6.45, 7) is -0.608. The molecule has 3 aromatic rings. The van der Waals surface area contributed by atoms with E-state index in [2.05, 4.69) is 0 Å². The third-order valence-electron chi connectivity index (χ3n) is 4.95. The molecule has 1 unspecified atom stereocenters. The van der Waals surface area contributed by atoms with Gasteiger partial charge < -0.3 is 33.6 Å². The number of aliphatic hydroxyl groups is 1. The predicted molar refractivity (Wildman–Crippen MR) is 120 cm³/mol. The molecule has 0 spiro atoms. The van der Waals surface area contributed by atoms with Crippen LogP contribution in [0.15, 0.2) is 67.0 Å². The van der Waals surface area contributed by atoms with E-state index in [9.17, 15) is 24.3 Å². The van der Waals surface area contributed by atoms with Crippen LogP contribution in [-0.2, 0) is 11.2 Å². The SMILES string of the molecule is O=C(O)c1cc(=O)c2c(o1)CC=CC=C2OCC(O)COc1cccc2oc(C(=O)O)cc(=O)c12. The van der Waals surface area contributed by atoms with Gasteiger partial charge in [-0.15, -0.1) is 0 Å². The van der Waals surface area contributed by atoms with E-state index in [0.29, 0.717) is 0 Å². The molecule has 35 heavy (non-hydrogen) atoms. The minimum absolute atomic E-state index is 0.0117. The quantitative estimate of drug-likeness (QED) is 0.429. The number of allylic oxidation sites excluding steroid dienone is 3. The zero-order valence-corrected chi connectivity index (χ0v) is 17.9. The second-order valence-electron chi connectivity index (χ2n) is 7.43. The molecule has 4 rings (SSSR count). The van der Waals surface area contributed by atoms with Crippen molar-refractivity contribution in [3.05, 3.63) is 91.9 Å². The summed E-state index contributed by atoms with van der Waals surface area (Å²) in [5.41, 5.74) is -1.16. The molecule has 2 aromatic heterocycles. The van der Waals surface area contributed by atoms with Crippen LogP contribution >= 0.6 is 0 Å². The van der Waals surface area contributed by atoms with Gasteiger partial charge in [0.25, 0.3) is 0 Å². The van der Waals surface area contributed by atoms with Gasteiger partial charge in [-0.3, -0.25) is 9.59 Å². The lowest BCUT2D eigenvalue weighted by Gasteiger charge is -2.16. The lowest BCUT2D eigenvalue weighted by molar-refractivity contribution is 0.0532. The van der Waals surface area contributed by atoms with Crippen LogP contribution in [-0.4, -0.2) is 46.6 Å². The Labute approximate surface area is 195 Å². The van der Waals surface area contributed by atoms with Crippen molar-refractivity contribution in [1.82, 2.24) is 0 Å². The van der Waals surface area contributed by atoms with Gasteiger partial charge in [-0.2, -0.15) is 0 Å². The third kappa shape index (κ3) is 4.99. The zero-order valence-electron chi connectivity index (χ0n) is 17.9. The van der Waals surface area contributed by atoms with Crippen LogP contribution in [0.4, 0.5) is 0 Å². The summed E-state index contributed by atoms with van der Waals surface area (Å²) in [7, 11) is 0. The molecule has 0 aliphatic heterocycles. The van der Waals surface area contributed by atoms with E-state index in [0.717, 1.165) is 12.1 Å². The van der Waals surface area contributed by atoms with Crippen LogP contribution < -0.4 is 15.6 Å². The number of carbonyl (C=O) groups is 2. The van der Waals surface area contributed by atoms with Gasteiger partial charge in [-0.1, -0.05) is 18.2 Å². The molecule has 0 fully saturated rings. The van der Waals surface area contributed by atoms with Gasteiger partial charge in [-0.25, -0.2) is 9.59 Å². The minimum Gasteiger partial charge on any atom is -0.490 e. The molecule has 1 aliphatic rings. The van der Waals surface area contributed by atoms with Gasteiger partial charge >= 0.3 is 11.9 Å². The summed E-state index contributed by atoms with van der Waals surface area (Å²) < 4.78 is 21.7. The zero-order chi connectivity index (χ0) is 25.1. The van der Waals surface area contributed by atoms with Crippen molar-refractivity contribution in [1.29, 1.82) is 0 Å². The average Bonchev–Trinajstić information content (AvgIpc) is 3.03. The molecule has 1 aromatic carbocycles. The monoisotopic (exact) mass is 482 g/mol. The average molecular weight is 482 g/mol. The van der Waals surface area contributed by atoms with Gasteiger partial charge in [0.05, 0.1) is 0 Å². The van der Waals surface area contributed by atoms with Gasteiger partial charge in [0.2, 0.25) is 11.5 Å². The summed E-state index contributed by atoms with van der Waals surface area (Å²) in [5.74, 6) is -3.49. The first-order valence-electron chi connectivity index (χ1n) is 10.3. The number of hydrogen-bond donors (Lipinski definition) is 3. The third-order valence-corrected chi connectivity index (χ3v) is 4.95. The van der Waals surface area contributed by atoms with Crippen molar-refractivity contribution in [3.63, 3.8) is 0 Å². The first-order chi connectivity index (χ1) is 16.7. The maximum absolute atomic E-state index is 12.5. The predicted octanol–water partition coefficient (Wildman–Crippen LogP) is 2.05. The number of aliphatic hydroxyl groups excluding tert-OH is 1. The first-order valence-corrected chi connectivity index (χ1v) is 10.3. The summed E-state index contributed by atoms with van der Waals surface area (Å²) in [4.78, 5) is 47.1. The topological polar surface area (TPSA) is 174 Å². The van der Waals surface area contributed by atoms with Crippen LogP contribution in [0, 0.1) is 0 Å². The highest BCUT2D eigenvalue weighted by molar-refractivity contribution is 5.89. The van der Waals surface area contributed by atoms with E-state index < -0.39 is 40.4 Å². The fourth-order valence-electron chi connectivity index (χ4n) is 3.41. The number of carboxylic acids is 2. The van der Waals surface area contributed by atoms with Gasteiger partial charge in [0.15, 0.2) is 10.9 Å². The Hall–Kier alpha value is -4.64. The molecular formula is C24H18O11. The molecule has 11 nitrogen and oxygen atoms in total. The molecule has 2 heterocycles. The number of rotatable bonds is 8. The highest BCUT2D eigenvalue weighted by Crippen LogP contribution is 2.25. The fourth-order valence-corrected chi connectivity index (χ4v) is 3.41. The fraction of sp³-hybridized carbons (Fsp3) is 0.167. The molecule has 3 N–H and O–H groups in total. The summed E-state index contributed by atoms with van der Waals surface area (Å²) in [5, 5.41) is 28.5. The molecular weight excluding hydrogens is 464 g/mol. The molecule has 1 atom stereocenters. The van der Waals surface area contributed by atoms with Crippen LogP contribution in [0.5, 0.6) is 5.75 Å². The lowest BCUT2D eigenvalue weighted by atomic mass is 10.1. The first kappa shape index (κ1) is 23.5. The number of carboxylic acid groups (broad SMARTS) is 2. The van der Waals surface area contributed by atoms with Crippen molar-refractivity contribution in [2.45, 2.75) is 12.5 Å². The second-order valence-corrected chi connectivity index (χ2v) is 7.43. The lowest BCUT2D eigenvalue weighted by Crippen LogP contribution is -2.24. The number of ether oxygens (including phenoxy) is 2. The van der Waals surface area contributed by atoms with Crippen molar-refractivity contribution in [2.24, 2.45) is 0 Å². The largest absolute Gasteiger partial charge is 0.490 e. The van der Waals surface area contributed by atoms with E-state index in [1.165, 1.54) is 24.3 Å². The Balaban J connectivity index is 1.48. The Bertz CT molecular complexity index is 1490. The molecule has 0 bridgehead atoms. The van der Waals surface area contributed by atoms with E-state index in [4.69, 9.17) is 28.5 Å². The van der Waals surface area contributed by atoms with E-state index in [1.807, 2.05) is 0 Å². The number of aromatic carboxylic acids is 2. The molecule has 0 saturated heterocycles. The molecule has 1 aliphatic carbocycles. The highest BCUT2D eigenvalue weighted by atomic mass is 16.5. The van der Waals surface area contributed by atoms with Crippen LogP contribution in [0.25, 0.3) is 16.7 Å². The number of benzene rings is 1. The van der Waals surface area contributed by atoms with Crippen molar-refractivity contribution >= 4 is 28.7 Å². The molecule has 0 amide bonds. The number of hydrogen-bond acceptors (Lipinski definition) is 9. The van der Waals surface area contributed by atoms with Gasteiger partial charge in [0, 0.05) is 18.6 Å². The van der Waals surface area contributed by atoms with Crippen molar-refractivity contribution in [2.75, 3.05) is 13.2 Å². The summed E-state index contributed by atoms with van der Waals surface area (Å²) in [6, 6.07) is 6.07. The second kappa shape index (κ2) is 9.69. The normalized spacial score (nSPS) is 13.5. The molecule has 180 valence electrons. The molecule has 0 saturated carbocycles. The Morgan fingerprint density at radius 2 is 1.66 bits per heavy atom. The number of fused-ring (bicyclic) bond motifs is 2. The summed E-state index contributed by atoms with van der Waals surface area (Å²) >= 11 is 0. The standard InChI is InChI=1S/C24H18O11/c25-12(11-33-16-6-3-7-18-22(16)14(27)9-20(35-18)24(30)31)10-32-15-4-1-2-5-17-21(15)13(26)8-19(34-17)23(28)29/h1-4,6-9,12,25H,5,10-11H2,(H,28,29)(H,30,31). The minimum atomic E-state index is -1.39. The van der Waals surface area contributed by atoms with Crippen molar-refractivity contribution in [3.8, 4) is 5.75 Å². The molecule has 11 heteroatoms. The van der Waals surface area contributed by atoms with E-state index in [-0.39, 0.29) is 53.4 Å². The van der Waals surface area contributed by atoms with Crippen LogP contribution in [0.3, 0.4) is 0 Å². The molecule has 0 radical (unpaired) electrons. The maximum Gasteiger partial charge on any atom is 0.371 e. The van der Waals surface area contributed by atoms with Crippen molar-refractivity contribution < 1.29 is 43.2 Å². The van der Waals surface area contributed by atoms with Gasteiger partial charge in [-0.05, 0) is 18.2 Å². The smallest absolute Gasteiger partial charge is 0.371 e. The summed E-state index contributed by atoms with van der Waals surface area (Å²) in [6.07, 6.45) is 3.73. The van der Waals surface area contributed by atoms with Gasteiger partial charge in [0.1, 0.15) is 53.1 Å². The van der Waals surface area contributed by atoms with E-state index >= 15 is 0 Å². The Morgan fingerprint density at radius 1 is 0.971 bits per heavy atom. The highest BCUT2D eigenvalue weighted by Gasteiger charge is 2.22. The maximum atomic E-state index is 12.5. The van der Waals surface area contributed by atoms with E-state index in [1.54, 1.807) is 12.2 Å². The Kier molecular flexibility index (Phi) is 6.51. The van der Waals surface area contributed by atoms with Crippen LogP contribution in [0.2, 0.25) is 0 Å². The van der Waals surface area contributed by atoms with Crippen LogP contribution in [0.1, 0.15) is 32.4 Å². The Morgan fingerprint density at radius 3 is 2.40 bits per heavy atom.